The molecule has 0 aliphatic carbocycles. The lowest BCUT2D eigenvalue weighted by Gasteiger charge is -2.14. The van der Waals surface area contributed by atoms with Gasteiger partial charge in [-0.15, -0.1) is 0 Å². The van der Waals surface area contributed by atoms with Gasteiger partial charge >= 0.3 is 12.1 Å². The Bertz CT molecular complexity index is 1720. The van der Waals surface area contributed by atoms with Crippen LogP contribution < -0.4 is 4.72 Å². The maximum atomic E-state index is 13.6. The molecule has 13 heteroatoms. The van der Waals surface area contributed by atoms with E-state index in [0.29, 0.717) is 24.0 Å². The van der Waals surface area contributed by atoms with Crippen LogP contribution in [0.5, 0.6) is 0 Å². The van der Waals surface area contributed by atoms with Crippen LogP contribution in [0.4, 0.5) is 17.6 Å². The zero-order valence-electron chi connectivity index (χ0n) is 22.2. The third kappa shape index (κ3) is 6.68. The van der Waals surface area contributed by atoms with Crippen LogP contribution in [-0.2, 0) is 29.2 Å². The topological polar surface area (TPSA) is 118 Å². The van der Waals surface area contributed by atoms with E-state index in [1.54, 1.807) is 30.3 Å². The number of aromatic carboxylic acids is 1. The Labute approximate surface area is 238 Å². The Morgan fingerprint density at radius 3 is 2.21 bits per heavy atom. The number of nitrogens with zero attached hydrogens (tertiary/aromatic N) is 2. The van der Waals surface area contributed by atoms with Gasteiger partial charge in [0, 0.05) is 24.1 Å². The molecular formula is C29H25F4N3O5S. The molecule has 0 saturated heterocycles. The second kappa shape index (κ2) is 12.1. The number of unbranched alkanes of at least 4 members (excludes halogenated alkanes) is 1. The number of carbonyl (C=O) groups is 2. The van der Waals surface area contributed by atoms with Crippen molar-refractivity contribution in [2.75, 3.05) is 0 Å². The summed E-state index contributed by atoms with van der Waals surface area (Å²) in [7, 11) is -4.37. The standard InChI is InChI=1S/C29H25F4N3O5S/c1-2-3-8-24-34-26(29(31,32)33)25(28(38)39)36(24)17-18-9-11-19(12-10-18)22-6-4-5-7-23(22)42(40,41)35-27(37)20-13-15-21(30)16-14-20/h4-7,9-16H,2-3,8,17H2,1H3,(H,35,37)(H,38,39). The van der Waals surface area contributed by atoms with E-state index in [4.69, 9.17) is 0 Å². The van der Waals surface area contributed by atoms with E-state index in [9.17, 15) is 40.7 Å². The van der Waals surface area contributed by atoms with Gasteiger partial charge in [-0.2, -0.15) is 13.2 Å². The average Bonchev–Trinajstić information content (AvgIpc) is 3.31. The van der Waals surface area contributed by atoms with Crippen molar-refractivity contribution >= 4 is 21.9 Å². The summed E-state index contributed by atoms with van der Waals surface area (Å²) in [6.07, 6.45) is -3.63. The van der Waals surface area contributed by atoms with Crippen LogP contribution in [0.25, 0.3) is 11.1 Å². The third-order valence-electron chi connectivity index (χ3n) is 6.39. The molecule has 4 aromatic rings. The number of alkyl halides is 3. The Morgan fingerprint density at radius 2 is 1.62 bits per heavy atom. The first kappa shape index (κ1) is 30.4. The molecule has 3 aromatic carbocycles. The lowest BCUT2D eigenvalue weighted by Crippen LogP contribution is -2.30. The highest BCUT2D eigenvalue weighted by Crippen LogP contribution is 2.33. The molecule has 8 nitrogen and oxygen atoms in total. The highest BCUT2D eigenvalue weighted by Gasteiger charge is 2.41. The third-order valence-corrected chi connectivity index (χ3v) is 7.78. The molecule has 0 saturated carbocycles. The molecule has 4 rings (SSSR count). The molecule has 42 heavy (non-hydrogen) atoms. The second-order valence-corrected chi connectivity index (χ2v) is 11.0. The van der Waals surface area contributed by atoms with Crippen molar-refractivity contribution in [1.82, 2.24) is 14.3 Å². The van der Waals surface area contributed by atoms with Gasteiger partial charge in [-0.3, -0.25) is 4.79 Å². The van der Waals surface area contributed by atoms with Crippen LogP contribution in [0.2, 0.25) is 0 Å². The summed E-state index contributed by atoms with van der Waals surface area (Å²) >= 11 is 0. The molecule has 0 unspecified atom stereocenters. The van der Waals surface area contributed by atoms with E-state index in [1.807, 2.05) is 11.6 Å². The predicted molar refractivity (Wildman–Crippen MR) is 145 cm³/mol. The number of halogens is 4. The van der Waals surface area contributed by atoms with Gasteiger partial charge in [0.2, 0.25) is 0 Å². The second-order valence-electron chi connectivity index (χ2n) is 9.35. The first-order valence-electron chi connectivity index (χ1n) is 12.7. The first-order chi connectivity index (χ1) is 19.8. The number of benzene rings is 3. The van der Waals surface area contributed by atoms with Gasteiger partial charge in [0.15, 0.2) is 11.4 Å². The molecule has 0 spiro atoms. The average molecular weight is 604 g/mol. The number of aromatic nitrogens is 2. The number of carbonyl (C=O) groups excluding carboxylic acids is 1. The minimum Gasteiger partial charge on any atom is -0.477 e. The SMILES string of the molecule is CCCCc1nc(C(F)(F)F)c(C(=O)O)n1Cc1ccc(-c2ccccc2S(=O)(=O)NC(=O)c2ccc(F)cc2)cc1. The summed E-state index contributed by atoms with van der Waals surface area (Å²) in [5.41, 5.74) is -1.37. The van der Waals surface area contributed by atoms with Crippen LogP contribution in [0.3, 0.4) is 0 Å². The predicted octanol–water partition coefficient (Wildman–Crippen LogP) is 5.92. The normalized spacial score (nSPS) is 11.8. The molecule has 1 aromatic heterocycles. The van der Waals surface area contributed by atoms with Crippen molar-refractivity contribution in [2.24, 2.45) is 0 Å². The van der Waals surface area contributed by atoms with E-state index < -0.39 is 45.3 Å². The van der Waals surface area contributed by atoms with Crippen molar-refractivity contribution < 1.29 is 40.7 Å². The minimum absolute atomic E-state index is 0.000938. The van der Waals surface area contributed by atoms with Gasteiger partial charge in [0.1, 0.15) is 11.6 Å². The number of nitrogens with one attached hydrogen (secondary N) is 1. The Balaban J connectivity index is 1.65. The molecular weight excluding hydrogens is 578 g/mol. The van der Waals surface area contributed by atoms with Crippen molar-refractivity contribution in [2.45, 2.75) is 43.8 Å². The van der Waals surface area contributed by atoms with Crippen molar-refractivity contribution in [3.05, 3.63) is 107 Å². The molecule has 0 radical (unpaired) electrons. The van der Waals surface area contributed by atoms with Gasteiger partial charge < -0.3 is 9.67 Å². The lowest BCUT2D eigenvalue weighted by atomic mass is 10.0. The summed E-state index contributed by atoms with van der Waals surface area (Å²) in [5.74, 6) is -3.30. The molecule has 1 heterocycles. The quantitative estimate of drug-likeness (QED) is 0.218. The van der Waals surface area contributed by atoms with Crippen molar-refractivity contribution in [1.29, 1.82) is 0 Å². The van der Waals surface area contributed by atoms with Gasteiger partial charge in [-0.05, 0) is 47.9 Å². The first-order valence-corrected chi connectivity index (χ1v) is 14.2. The summed E-state index contributed by atoms with van der Waals surface area (Å²) in [5, 5.41) is 9.61. The summed E-state index contributed by atoms with van der Waals surface area (Å²) < 4.78 is 83.3. The number of amides is 1. The van der Waals surface area contributed by atoms with Crippen molar-refractivity contribution in [3.8, 4) is 11.1 Å². The Kier molecular flexibility index (Phi) is 8.81. The van der Waals surface area contributed by atoms with Gasteiger partial charge in [0.25, 0.3) is 15.9 Å². The van der Waals surface area contributed by atoms with E-state index in [0.717, 1.165) is 28.8 Å². The summed E-state index contributed by atoms with van der Waals surface area (Å²) in [6.45, 7) is 1.64. The fraction of sp³-hybridized carbons (Fsp3) is 0.207. The number of rotatable bonds is 10. The molecule has 0 aliphatic heterocycles. The maximum absolute atomic E-state index is 13.6. The molecule has 0 aliphatic rings. The zero-order chi connectivity index (χ0) is 30.7. The lowest BCUT2D eigenvalue weighted by molar-refractivity contribution is -0.141. The summed E-state index contributed by atoms with van der Waals surface area (Å²) in [6, 6.07) is 16.4. The largest absolute Gasteiger partial charge is 0.477 e. The molecule has 0 atom stereocenters. The van der Waals surface area contributed by atoms with Crippen LogP contribution in [-0.4, -0.2) is 35.0 Å². The van der Waals surface area contributed by atoms with Crippen LogP contribution in [0.15, 0.2) is 77.7 Å². The number of carboxylic acid groups (broad SMARTS) is 1. The van der Waals surface area contributed by atoms with Crippen LogP contribution in [0.1, 0.15) is 57.7 Å². The maximum Gasteiger partial charge on any atom is 0.435 e. The minimum atomic E-state index is -4.95. The number of carboxylic acids is 1. The number of aryl methyl sites for hydroxylation is 1. The fourth-order valence-corrected chi connectivity index (χ4v) is 5.56. The fourth-order valence-electron chi connectivity index (χ4n) is 4.36. The number of hydrogen-bond acceptors (Lipinski definition) is 5. The van der Waals surface area contributed by atoms with Gasteiger partial charge in [-0.1, -0.05) is 55.8 Å². The van der Waals surface area contributed by atoms with E-state index in [-0.39, 0.29) is 34.8 Å². The molecule has 0 bridgehead atoms. The number of hydrogen-bond donors (Lipinski definition) is 2. The van der Waals surface area contributed by atoms with E-state index >= 15 is 0 Å². The van der Waals surface area contributed by atoms with Crippen molar-refractivity contribution in [3.63, 3.8) is 0 Å². The van der Waals surface area contributed by atoms with E-state index in [2.05, 4.69) is 4.98 Å². The highest BCUT2D eigenvalue weighted by atomic mass is 32.2. The van der Waals surface area contributed by atoms with Crippen LogP contribution in [0, 0.1) is 5.82 Å². The van der Waals surface area contributed by atoms with E-state index in [1.165, 1.54) is 18.2 Å². The molecule has 2 N–H and O–H groups in total. The van der Waals surface area contributed by atoms with Gasteiger partial charge in [0.05, 0.1) is 4.90 Å². The monoisotopic (exact) mass is 603 g/mol. The van der Waals surface area contributed by atoms with Gasteiger partial charge in [-0.25, -0.2) is 27.3 Å². The van der Waals surface area contributed by atoms with Crippen LogP contribution >= 0.6 is 0 Å². The smallest absolute Gasteiger partial charge is 0.435 e. The Hall–Kier alpha value is -4.52. The highest BCUT2D eigenvalue weighted by molar-refractivity contribution is 7.90. The number of sulfonamides is 1. The molecule has 1 amide bonds. The molecule has 0 fully saturated rings. The zero-order valence-corrected chi connectivity index (χ0v) is 23.0. The number of imidazole rings is 1. The molecule has 220 valence electrons. The summed E-state index contributed by atoms with van der Waals surface area (Å²) in [4.78, 5) is 27.8. The Morgan fingerprint density at radius 1 is 0.976 bits per heavy atom.